The number of aryl methyl sites for hydroxylation is 1. The fourth-order valence-corrected chi connectivity index (χ4v) is 3.81. The highest BCUT2D eigenvalue weighted by Crippen LogP contribution is 2.34. The molecular weight excluding hydrogens is 426 g/mol. The van der Waals surface area contributed by atoms with Gasteiger partial charge in [0.15, 0.2) is 28.2 Å². The first kappa shape index (κ1) is 22.6. The number of pyridine rings is 1. The number of aromatic nitrogens is 5. The van der Waals surface area contributed by atoms with Gasteiger partial charge in [-0.25, -0.2) is 19.4 Å². The first-order chi connectivity index (χ1) is 14.6. The summed E-state index contributed by atoms with van der Waals surface area (Å²) in [6.07, 6.45) is 1.04. The minimum atomic E-state index is -0.969. The van der Waals surface area contributed by atoms with E-state index >= 15 is 0 Å². The molecule has 3 aromatic heterocycles. The largest absolute Gasteiger partial charge is 0.490 e. The molecular formula is C19H26ClN7O4. The maximum atomic E-state index is 11.7. The lowest BCUT2D eigenvalue weighted by Crippen LogP contribution is -2.50. The molecule has 3 heterocycles. The van der Waals surface area contributed by atoms with Gasteiger partial charge in [0, 0.05) is 24.5 Å². The van der Waals surface area contributed by atoms with Crippen molar-refractivity contribution in [2.24, 2.45) is 0 Å². The zero-order chi connectivity index (χ0) is 22.9. The molecule has 0 aromatic carbocycles. The van der Waals surface area contributed by atoms with Crippen LogP contribution in [0, 0.1) is 0 Å². The number of hydrogen-bond acceptors (Lipinski definition) is 8. The van der Waals surface area contributed by atoms with Crippen molar-refractivity contribution >= 4 is 34.5 Å². The number of amides is 1. The molecule has 0 aliphatic heterocycles. The minimum absolute atomic E-state index is 0.112. The van der Waals surface area contributed by atoms with E-state index in [0.29, 0.717) is 41.3 Å². The van der Waals surface area contributed by atoms with Crippen LogP contribution < -0.4 is 10.5 Å². The number of hydrogen-bond donors (Lipinski definition) is 2. The van der Waals surface area contributed by atoms with Gasteiger partial charge in [0.05, 0.1) is 12.8 Å². The zero-order valence-corrected chi connectivity index (χ0v) is 18.8. The molecule has 0 saturated carbocycles. The van der Waals surface area contributed by atoms with Crippen LogP contribution in [0.3, 0.4) is 0 Å². The average molecular weight is 452 g/mol. The van der Waals surface area contributed by atoms with Gasteiger partial charge >= 0.3 is 6.09 Å². The molecule has 1 amide bonds. The summed E-state index contributed by atoms with van der Waals surface area (Å²) in [5, 5.41) is 17.2. The number of nitrogen functional groups attached to an aromatic ring is 1. The van der Waals surface area contributed by atoms with Crippen molar-refractivity contribution in [1.29, 1.82) is 0 Å². The third kappa shape index (κ3) is 4.36. The Morgan fingerprint density at radius 1 is 1.42 bits per heavy atom. The van der Waals surface area contributed by atoms with Crippen LogP contribution in [0.25, 0.3) is 22.6 Å². The smallest absolute Gasteiger partial charge is 0.407 e. The van der Waals surface area contributed by atoms with Crippen LogP contribution in [0.2, 0.25) is 5.15 Å². The maximum Gasteiger partial charge on any atom is 0.407 e. The molecule has 0 radical (unpaired) electrons. The summed E-state index contributed by atoms with van der Waals surface area (Å²) in [4.78, 5) is 21.8. The highest BCUT2D eigenvalue weighted by Gasteiger charge is 2.30. The molecule has 0 unspecified atom stereocenters. The van der Waals surface area contributed by atoms with Gasteiger partial charge in [-0.1, -0.05) is 11.6 Å². The Labute approximate surface area is 184 Å². The molecule has 3 rings (SSSR count). The Balaban J connectivity index is 1.90. The number of anilines is 1. The molecule has 3 aromatic rings. The number of carbonyl (C=O) groups is 1. The molecule has 31 heavy (non-hydrogen) atoms. The third-order valence-electron chi connectivity index (χ3n) is 4.90. The molecule has 0 bridgehead atoms. The quantitative estimate of drug-likeness (QED) is 0.513. The van der Waals surface area contributed by atoms with Gasteiger partial charge in [-0.15, -0.1) is 0 Å². The Morgan fingerprint density at radius 3 is 2.68 bits per heavy atom. The van der Waals surface area contributed by atoms with Gasteiger partial charge in [-0.2, -0.15) is 0 Å². The van der Waals surface area contributed by atoms with E-state index in [2.05, 4.69) is 20.3 Å². The Bertz CT molecular complexity index is 1090. The van der Waals surface area contributed by atoms with Crippen LogP contribution in [-0.4, -0.2) is 59.1 Å². The van der Waals surface area contributed by atoms with E-state index in [1.165, 1.54) is 11.1 Å². The highest BCUT2D eigenvalue weighted by molar-refractivity contribution is 6.34. The van der Waals surface area contributed by atoms with Gasteiger partial charge in [-0.05, 0) is 44.9 Å². The number of carboxylic acid groups (broad SMARTS) is 1. The van der Waals surface area contributed by atoms with E-state index < -0.39 is 11.6 Å². The number of rotatable bonds is 7. The molecule has 3 N–H and O–H groups in total. The second kappa shape index (κ2) is 8.58. The summed E-state index contributed by atoms with van der Waals surface area (Å²) in [5.74, 6) is 1.02. The first-order valence-electron chi connectivity index (χ1n) is 9.84. The number of halogens is 1. The first-order valence-corrected chi connectivity index (χ1v) is 10.2. The van der Waals surface area contributed by atoms with Crippen molar-refractivity contribution < 1.29 is 19.3 Å². The lowest BCUT2D eigenvalue weighted by atomic mass is 10.0. The Hall–Kier alpha value is -3.08. The standard InChI is InChI=1S/C19H26ClN7O4/c1-6-26-14-11(30-8-7-10(2)27(18(28)29)19(3,4)5)9-22-15(20)12(14)23-17(26)13-16(21)25-31-24-13/h9-10H,6-8H2,1-5H3,(H2,21,25)(H,28,29)/t10-/m0/s1. The second-order valence-corrected chi connectivity index (χ2v) is 8.46. The summed E-state index contributed by atoms with van der Waals surface area (Å²) in [6.45, 7) is 10.2. The number of imidazole rings is 1. The molecule has 168 valence electrons. The van der Waals surface area contributed by atoms with Crippen LogP contribution in [-0.2, 0) is 6.54 Å². The van der Waals surface area contributed by atoms with E-state index in [0.717, 1.165) is 0 Å². The molecule has 12 heteroatoms. The van der Waals surface area contributed by atoms with Crippen LogP contribution in [0.1, 0.15) is 41.0 Å². The predicted octanol–water partition coefficient (Wildman–Crippen LogP) is 3.67. The summed E-state index contributed by atoms with van der Waals surface area (Å²) in [6, 6.07) is -0.249. The summed E-state index contributed by atoms with van der Waals surface area (Å²) in [5.41, 5.74) is 6.69. The topological polar surface area (TPSA) is 145 Å². The average Bonchev–Trinajstić information content (AvgIpc) is 3.25. The van der Waals surface area contributed by atoms with Gasteiger partial charge < -0.3 is 25.0 Å². The van der Waals surface area contributed by atoms with Gasteiger partial charge in [0.1, 0.15) is 11.0 Å². The molecule has 0 spiro atoms. The molecule has 0 aliphatic carbocycles. The van der Waals surface area contributed by atoms with Gasteiger partial charge in [-0.3, -0.25) is 0 Å². The highest BCUT2D eigenvalue weighted by atomic mass is 35.5. The summed E-state index contributed by atoms with van der Waals surface area (Å²) in [7, 11) is 0. The van der Waals surface area contributed by atoms with Crippen LogP contribution in [0.4, 0.5) is 10.6 Å². The van der Waals surface area contributed by atoms with Crippen molar-refractivity contribution in [2.75, 3.05) is 12.3 Å². The fourth-order valence-electron chi connectivity index (χ4n) is 3.63. The third-order valence-corrected chi connectivity index (χ3v) is 5.17. The van der Waals surface area contributed by atoms with Crippen molar-refractivity contribution in [2.45, 2.75) is 59.2 Å². The normalized spacial score (nSPS) is 12.8. The Kier molecular flexibility index (Phi) is 6.25. The van der Waals surface area contributed by atoms with E-state index in [4.69, 9.17) is 26.7 Å². The van der Waals surface area contributed by atoms with Crippen LogP contribution >= 0.6 is 11.6 Å². The van der Waals surface area contributed by atoms with Crippen molar-refractivity contribution in [3.05, 3.63) is 11.3 Å². The van der Waals surface area contributed by atoms with E-state index in [1.54, 1.807) is 0 Å². The van der Waals surface area contributed by atoms with E-state index in [-0.39, 0.29) is 23.6 Å². The molecule has 0 aliphatic rings. The van der Waals surface area contributed by atoms with Crippen molar-refractivity contribution in [3.63, 3.8) is 0 Å². The minimum Gasteiger partial charge on any atom is -0.490 e. The van der Waals surface area contributed by atoms with Gasteiger partial charge in [0.2, 0.25) is 0 Å². The van der Waals surface area contributed by atoms with Gasteiger partial charge in [0.25, 0.3) is 0 Å². The lowest BCUT2D eigenvalue weighted by molar-refractivity contribution is 0.0681. The maximum absolute atomic E-state index is 11.7. The van der Waals surface area contributed by atoms with Crippen molar-refractivity contribution in [3.8, 4) is 17.3 Å². The summed E-state index contributed by atoms with van der Waals surface area (Å²) >= 11 is 6.28. The molecule has 0 saturated heterocycles. The fraction of sp³-hybridized carbons (Fsp3) is 0.526. The number of fused-ring (bicyclic) bond motifs is 1. The Morgan fingerprint density at radius 2 is 2.13 bits per heavy atom. The zero-order valence-electron chi connectivity index (χ0n) is 18.1. The van der Waals surface area contributed by atoms with Crippen LogP contribution in [0.5, 0.6) is 5.75 Å². The van der Waals surface area contributed by atoms with E-state index in [1.807, 2.05) is 39.2 Å². The SMILES string of the molecule is CCn1c(-c2nonc2N)nc2c(Cl)ncc(OCC[C@H](C)N(C(=O)O)C(C)(C)C)c21. The second-order valence-electron chi connectivity index (χ2n) is 8.10. The number of ether oxygens (including phenoxy) is 1. The summed E-state index contributed by atoms with van der Waals surface area (Å²) < 4.78 is 12.5. The predicted molar refractivity (Wildman–Crippen MR) is 115 cm³/mol. The molecule has 0 fully saturated rings. The molecule has 11 nitrogen and oxygen atoms in total. The molecule has 1 atom stereocenters. The lowest BCUT2D eigenvalue weighted by Gasteiger charge is -2.38. The number of nitrogens with zero attached hydrogens (tertiary/aromatic N) is 6. The van der Waals surface area contributed by atoms with E-state index in [9.17, 15) is 9.90 Å². The monoisotopic (exact) mass is 451 g/mol. The van der Waals surface area contributed by atoms with Crippen LogP contribution in [0.15, 0.2) is 10.8 Å². The van der Waals surface area contributed by atoms with Crippen molar-refractivity contribution in [1.82, 2.24) is 29.7 Å². The number of nitrogens with two attached hydrogens (primary N) is 1.